The lowest BCUT2D eigenvalue weighted by molar-refractivity contribution is -0.116. The Morgan fingerprint density at radius 1 is 0.949 bits per heavy atom. The van der Waals surface area contributed by atoms with Gasteiger partial charge >= 0.3 is 0 Å². The highest BCUT2D eigenvalue weighted by Gasteiger charge is 2.41. The molecule has 1 saturated heterocycles. The third kappa shape index (κ3) is 5.01. The van der Waals surface area contributed by atoms with Crippen molar-refractivity contribution >= 4 is 39.7 Å². The van der Waals surface area contributed by atoms with Crippen molar-refractivity contribution in [1.82, 2.24) is 19.8 Å². The molecule has 1 amide bonds. The Bertz CT molecular complexity index is 1620. The number of hydrogen-bond donors (Lipinski definition) is 2. The second kappa shape index (κ2) is 10.7. The number of nitrogens with one attached hydrogen (secondary N) is 2. The van der Waals surface area contributed by atoms with Crippen LogP contribution in [0, 0.1) is 6.92 Å². The van der Waals surface area contributed by atoms with Crippen molar-refractivity contribution in [3.63, 3.8) is 0 Å². The molecule has 39 heavy (non-hydrogen) atoms. The summed E-state index contributed by atoms with van der Waals surface area (Å²) in [5, 5.41) is 9.34. The molecule has 0 saturated carbocycles. The van der Waals surface area contributed by atoms with Crippen molar-refractivity contribution < 1.29 is 4.79 Å². The summed E-state index contributed by atoms with van der Waals surface area (Å²) in [6.07, 6.45) is 4.17. The van der Waals surface area contributed by atoms with Gasteiger partial charge in [-0.1, -0.05) is 60.2 Å². The van der Waals surface area contributed by atoms with Crippen LogP contribution in [0.2, 0.25) is 0 Å². The molecule has 1 aliphatic rings. The molecular formula is C32H29N5OS. The molecular weight excluding hydrogens is 502 g/mol. The van der Waals surface area contributed by atoms with Gasteiger partial charge in [0, 0.05) is 47.8 Å². The summed E-state index contributed by atoms with van der Waals surface area (Å²) in [7, 11) is 0. The van der Waals surface area contributed by atoms with Crippen LogP contribution in [0.1, 0.15) is 35.5 Å². The maximum absolute atomic E-state index is 13.2. The normalized spacial score (nSPS) is 16.8. The van der Waals surface area contributed by atoms with E-state index in [0.29, 0.717) is 18.1 Å². The number of pyridine rings is 1. The van der Waals surface area contributed by atoms with E-state index in [9.17, 15) is 4.79 Å². The van der Waals surface area contributed by atoms with E-state index in [-0.39, 0.29) is 18.0 Å². The predicted molar refractivity (Wildman–Crippen MR) is 160 cm³/mol. The minimum absolute atomic E-state index is 0.0527. The van der Waals surface area contributed by atoms with Crippen molar-refractivity contribution in [2.75, 3.05) is 11.9 Å². The van der Waals surface area contributed by atoms with Crippen LogP contribution in [-0.2, 0) is 4.79 Å². The maximum Gasteiger partial charge on any atom is 0.226 e. The van der Waals surface area contributed by atoms with E-state index in [0.717, 1.165) is 33.5 Å². The number of nitrogens with zero attached hydrogens (tertiary/aromatic N) is 3. The van der Waals surface area contributed by atoms with Gasteiger partial charge in [-0.25, -0.2) is 0 Å². The monoisotopic (exact) mass is 531 g/mol. The molecule has 3 aromatic carbocycles. The van der Waals surface area contributed by atoms with Gasteiger partial charge in [0.25, 0.3) is 0 Å². The lowest BCUT2D eigenvalue weighted by Gasteiger charge is -2.29. The van der Waals surface area contributed by atoms with Crippen LogP contribution in [0.3, 0.4) is 0 Å². The van der Waals surface area contributed by atoms with Gasteiger partial charge in [0.15, 0.2) is 5.11 Å². The van der Waals surface area contributed by atoms with Gasteiger partial charge in [0.05, 0.1) is 17.8 Å². The van der Waals surface area contributed by atoms with Crippen molar-refractivity contribution in [2.24, 2.45) is 0 Å². The molecule has 0 radical (unpaired) electrons. The highest BCUT2D eigenvalue weighted by Crippen LogP contribution is 2.39. The van der Waals surface area contributed by atoms with E-state index < -0.39 is 0 Å². The lowest BCUT2D eigenvalue weighted by atomic mass is 10.0. The summed E-state index contributed by atoms with van der Waals surface area (Å²) in [5.74, 6) is -0.0527. The van der Waals surface area contributed by atoms with Crippen molar-refractivity contribution in [3.05, 3.63) is 126 Å². The second-order valence-corrected chi connectivity index (χ2v) is 10.2. The molecule has 0 aliphatic carbocycles. The first-order chi connectivity index (χ1) is 19.1. The number of carbonyl (C=O) groups excluding carboxylic acids is 1. The van der Waals surface area contributed by atoms with Crippen molar-refractivity contribution in [1.29, 1.82) is 0 Å². The first-order valence-electron chi connectivity index (χ1n) is 13.1. The summed E-state index contributed by atoms with van der Waals surface area (Å²) in [6.45, 7) is 2.55. The smallest absolute Gasteiger partial charge is 0.226 e. The van der Waals surface area contributed by atoms with Gasteiger partial charge in [0.2, 0.25) is 5.91 Å². The number of hydrogen-bond acceptors (Lipinski definition) is 3. The Balaban J connectivity index is 1.29. The molecule has 0 spiro atoms. The van der Waals surface area contributed by atoms with E-state index >= 15 is 0 Å². The molecule has 0 bridgehead atoms. The molecule has 3 heterocycles. The average molecular weight is 532 g/mol. The summed E-state index contributed by atoms with van der Waals surface area (Å²) in [6, 6.07) is 32.3. The van der Waals surface area contributed by atoms with Crippen molar-refractivity contribution in [2.45, 2.75) is 25.4 Å². The predicted octanol–water partition coefficient (Wildman–Crippen LogP) is 6.34. The van der Waals surface area contributed by atoms with Gasteiger partial charge in [-0.15, -0.1) is 0 Å². The molecule has 2 N–H and O–H groups in total. The van der Waals surface area contributed by atoms with E-state index in [1.165, 1.54) is 5.56 Å². The second-order valence-electron chi connectivity index (χ2n) is 9.78. The molecule has 1 fully saturated rings. The van der Waals surface area contributed by atoms with Crippen molar-refractivity contribution in [3.8, 4) is 5.69 Å². The lowest BCUT2D eigenvalue weighted by Crippen LogP contribution is -2.33. The number of anilines is 1. The van der Waals surface area contributed by atoms with Crippen LogP contribution in [0.15, 0.2) is 109 Å². The summed E-state index contributed by atoms with van der Waals surface area (Å²) < 4.78 is 2.19. The SMILES string of the molecule is Cc1ccc(-n2cccc2C2C(c3ccccn3)NC(=S)N2CCC(=O)Nc2cccc3ccccc23)cc1. The van der Waals surface area contributed by atoms with Crippen LogP contribution in [0.25, 0.3) is 16.5 Å². The summed E-state index contributed by atoms with van der Waals surface area (Å²) in [4.78, 5) is 19.9. The zero-order valence-corrected chi connectivity index (χ0v) is 22.4. The Hall–Kier alpha value is -4.49. The standard InChI is InChI=1S/C32H29N5OS/c1-22-14-16-24(17-15-22)36-20-7-13-28(36)31-30(27-11-4-5-19-33-27)35-32(39)37(31)21-18-29(38)34-26-12-6-9-23-8-2-3-10-25(23)26/h2-17,19-20,30-31H,18,21H2,1H3,(H,34,38)(H,35,39). The largest absolute Gasteiger partial charge is 0.352 e. The first-order valence-corrected chi connectivity index (χ1v) is 13.5. The minimum Gasteiger partial charge on any atom is -0.352 e. The Morgan fingerprint density at radius 3 is 2.56 bits per heavy atom. The first kappa shape index (κ1) is 24.8. The van der Waals surface area contributed by atoms with Crippen LogP contribution in [0.5, 0.6) is 0 Å². The topological polar surface area (TPSA) is 62.2 Å². The number of carbonyl (C=O) groups is 1. The van der Waals surface area contributed by atoms with E-state index in [1.54, 1.807) is 6.20 Å². The average Bonchev–Trinajstić information content (AvgIpc) is 3.57. The van der Waals surface area contributed by atoms with Gasteiger partial charge in [0.1, 0.15) is 0 Å². The van der Waals surface area contributed by atoms with E-state index in [2.05, 4.69) is 74.6 Å². The maximum atomic E-state index is 13.2. The summed E-state index contributed by atoms with van der Waals surface area (Å²) >= 11 is 5.84. The van der Waals surface area contributed by atoms with Gasteiger partial charge in [-0.05, 0) is 67.0 Å². The number of amides is 1. The quantitative estimate of drug-likeness (QED) is 0.240. The fourth-order valence-corrected chi connectivity index (χ4v) is 5.64. The highest BCUT2D eigenvalue weighted by atomic mass is 32.1. The number of fused-ring (bicyclic) bond motifs is 1. The number of aromatic nitrogens is 2. The zero-order chi connectivity index (χ0) is 26.8. The highest BCUT2D eigenvalue weighted by molar-refractivity contribution is 7.80. The molecule has 7 heteroatoms. The van der Waals surface area contributed by atoms with Crippen LogP contribution >= 0.6 is 12.2 Å². The molecule has 2 atom stereocenters. The van der Waals surface area contributed by atoms with Gasteiger partial charge < -0.3 is 20.1 Å². The molecule has 2 aromatic heterocycles. The van der Waals surface area contributed by atoms with E-state index in [4.69, 9.17) is 12.2 Å². The van der Waals surface area contributed by atoms with E-state index in [1.807, 2.05) is 60.7 Å². The summed E-state index contributed by atoms with van der Waals surface area (Å²) in [5.41, 5.74) is 5.09. The van der Waals surface area contributed by atoms with Gasteiger partial charge in [-0.2, -0.15) is 0 Å². The molecule has 5 aromatic rings. The van der Waals surface area contributed by atoms with Crippen LogP contribution in [-0.4, -0.2) is 32.0 Å². The molecule has 6 nitrogen and oxygen atoms in total. The fourth-order valence-electron chi connectivity index (χ4n) is 5.31. The number of thiocarbonyl (C=S) groups is 1. The number of rotatable bonds is 7. The Morgan fingerprint density at radius 2 is 1.74 bits per heavy atom. The van der Waals surface area contributed by atoms with Crippen LogP contribution < -0.4 is 10.6 Å². The molecule has 194 valence electrons. The Labute approximate surface area is 233 Å². The zero-order valence-electron chi connectivity index (χ0n) is 21.6. The fraction of sp³-hybridized carbons (Fsp3) is 0.156. The van der Waals surface area contributed by atoms with Crippen LogP contribution in [0.4, 0.5) is 5.69 Å². The Kier molecular flexibility index (Phi) is 6.82. The molecule has 2 unspecified atom stereocenters. The third-order valence-electron chi connectivity index (χ3n) is 7.24. The molecule has 1 aliphatic heterocycles. The number of benzene rings is 3. The third-order valence-corrected chi connectivity index (χ3v) is 7.59. The van der Waals surface area contributed by atoms with Gasteiger partial charge in [-0.3, -0.25) is 9.78 Å². The minimum atomic E-state index is -0.154. The molecule has 6 rings (SSSR count). The number of aryl methyl sites for hydroxylation is 1.